The number of thiophene rings is 1. The molecule has 9 heteroatoms. The number of halogens is 2. The van der Waals surface area contributed by atoms with Crippen molar-refractivity contribution in [3.63, 3.8) is 0 Å². The maximum atomic E-state index is 11.9. The third-order valence-corrected chi connectivity index (χ3v) is 4.96. The Kier molecular flexibility index (Phi) is 6.49. The minimum atomic E-state index is -0.330. The Morgan fingerprint density at radius 1 is 1.22 bits per heavy atom. The monoisotopic (exact) mass is 423 g/mol. The minimum Gasteiger partial charge on any atom is -0.482 e. The van der Waals surface area contributed by atoms with E-state index in [2.05, 4.69) is 10.4 Å². The van der Waals surface area contributed by atoms with Crippen LogP contribution in [0, 0.1) is 0 Å². The number of benzene rings is 1. The van der Waals surface area contributed by atoms with Gasteiger partial charge in [-0.25, -0.2) is 4.68 Å². The fourth-order valence-electron chi connectivity index (χ4n) is 2.25. The Labute approximate surface area is 169 Å². The molecule has 1 N–H and O–H groups in total. The first kappa shape index (κ1) is 19.4. The summed E-state index contributed by atoms with van der Waals surface area (Å²) in [7, 11) is 0. The third kappa shape index (κ3) is 5.32. The first-order valence-corrected chi connectivity index (χ1v) is 9.63. The lowest BCUT2D eigenvalue weighted by molar-refractivity contribution is -0.123. The van der Waals surface area contributed by atoms with Crippen molar-refractivity contribution in [3.05, 3.63) is 68.2 Å². The van der Waals surface area contributed by atoms with E-state index in [0.717, 1.165) is 10.6 Å². The molecule has 0 unspecified atom stereocenters. The molecule has 1 amide bonds. The van der Waals surface area contributed by atoms with E-state index in [4.69, 9.17) is 27.9 Å². The van der Waals surface area contributed by atoms with E-state index in [1.54, 1.807) is 29.5 Å². The van der Waals surface area contributed by atoms with Crippen LogP contribution in [0.3, 0.4) is 0 Å². The van der Waals surface area contributed by atoms with E-state index in [9.17, 15) is 9.59 Å². The fraction of sp³-hybridized carbons (Fsp3) is 0.167. The summed E-state index contributed by atoms with van der Waals surface area (Å²) in [6.07, 6.45) is 0. The number of hydrogen-bond acceptors (Lipinski definition) is 5. The van der Waals surface area contributed by atoms with Crippen molar-refractivity contribution < 1.29 is 9.53 Å². The molecule has 2 heterocycles. The molecule has 1 aromatic carbocycles. The maximum absolute atomic E-state index is 11.9. The highest BCUT2D eigenvalue weighted by molar-refractivity contribution is 7.13. The van der Waals surface area contributed by atoms with Crippen molar-refractivity contribution in [2.75, 3.05) is 13.2 Å². The SMILES string of the molecule is O=C(COc1ccc(Cl)cc1Cl)NCCn1nc(-c2cccs2)ccc1=O. The number of nitrogens with one attached hydrogen (secondary N) is 1. The van der Waals surface area contributed by atoms with E-state index < -0.39 is 0 Å². The standard InChI is InChI=1S/C18H15Cl2N3O3S/c19-12-3-5-15(13(20)10-12)26-11-17(24)21-7-8-23-18(25)6-4-14(22-23)16-2-1-9-27-16/h1-6,9-10H,7-8,11H2,(H,21,24). The first-order valence-electron chi connectivity index (χ1n) is 7.99. The van der Waals surface area contributed by atoms with Crippen LogP contribution in [-0.4, -0.2) is 28.8 Å². The Hall–Kier alpha value is -2.35. The average Bonchev–Trinajstić information content (AvgIpc) is 3.17. The van der Waals surface area contributed by atoms with Gasteiger partial charge < -0.3 is 10.1 Å². The molecular weight excluding hydrogens is 409 g/mol. The van der Waals surface area contributed by atoms with Gasteiger partial charge >= 0.3 is 0 Å². The smallest absolute Gasteiger partial charge is 0.266 e. The van der Waals surface area contributed by atoms with Gasteiger partial charge in [-0.3, -0.25) is 9.59 Å². The second-order valence-electron chi connectivity index (χ2n) is 5.47. The van der Waals surface area contributed by atoms with Crippen LogP contribution in [0.15, 0.2) is 52.6 Å². The van der Waals surface area contributed by atoms with Crippen LogP contribution in [0.4, 0.5) is 0 Å². The molecule has 6 nitrogen and oxygen atoms in total. The van der Waals surface area contributed by atoms with Gasteiger partial charge in [0.1, 0.15) is 11.4 Å². The summed E-state index contributed by atoms with van der Waals surface area (Å²) in [5.41, 5.74) is 0.491. The van der Waals surface area contributed by atoms with Gasteiger partial charge in [-0.05, 0) is 35.7 Å². The topological polar surface area (TPSA) is 73.2 Å². The van der Waals surface area contributed by atoms with Crippen LogP contribution in [-0.2, 0) is 11.3 Å². The van der Waals surface area contributed by atoms with Crippen molar-refractivity contribution in [1.82, 2.24) is 15.1 Å². The van der Waals surface area contributed by atoms with E-state index in [0.29, 0.717) is 15.8 Å². The van der Waals surface area contributed by atoms with Gasteiger partial charge in [-0.2, -0.15) is 5.10 Å². The van der Waals surface area contributed by atoms with Gasteiger partial charge in [0.05, 0.1) is 16.4 Å². The number of carbonyl (C=O) groups is 1. The van der Waals surface area contributed by atoms with Crippen LogP contribution in [0.5, 0.6) is 5.75 Å². The lowest BCUT2D eigenvalue weighted by Gasteiger charge is -2.10. The predicted molar refractivity (Wildman–Crippen MR) is 107 cm³/mol. The van der Waals surface area contributed by atoms with Crippen molar-refractivity contribution >= 4 is 40.4 Å². The molecule has 2 aromatic heterocycles. The number of rotatable bonds is 7. The number of aromatic nitrogens is 2. The van der Waals surface area contributed by atoms with Gasteiger partial charge in [-0.15, -0.1) is 11.3 Å². The van der Waals surface area contributed by atoms with E-state index in [1.807, 2.05) is 17.5 Å². The second-order valence-corrected chi connectivity index (χ2v) is 7.26. The molecule has 0 aliphatic rings. The number of ether oxygens (including phenoxy) is 1. The Balaban J connectivity index is 1.51. The van der Waals surface area contributed by atoms with Crippen molar-refractivity contribution in [1.29, 1.82) is 0 Å². The molecule has 0 bridgehead atoms. The van der Waals surface area contributed by atoms with E-state index in [-0.39, 0.29) is 31.2 Å². The highest BCUT2D eigenvalue weighted by atomic mass is 35.5. The molecule has 140 valence electrons. The predicted octanol–water partition coefficient (Wildman–Crippen LogP) is 3.47. The molecule has 27 heavy (non-hydrogen) atoms. The van der Waals surface area contributed by atoms with Crippen molar-refractivity contribution in [2.24, 2.45) is 0 Å². The van der Waals surface area contributed by atoms with Crippen LogP contribution < -0.4 is 15.6 Å². The summed E-state index contributed by atoms with van der Waals surface area (Å²) in [6.45, 7) is 0.307. The molecule has 0 aliphatic heterocycles. The molecule has 0 saturated carbocycles. The highest BCUT2D eigenvalue weighted by Gasteiger charge is 2.08. The Morgan fingerprint density at radius 2 is 2.07 bits per heavy atom. The largest absolute Gasteiger partial charge is 0.482 e. The maximum Gasteiger partial charge on any atom is 0.266 e. The third-order valence-electron chi connectivity index (χ3n) is 3.54. The minimum absolute atomic E-state index is 0.196. The molecule has 3 rings (SSSR count). The van der Waals surface area contributed by atoms with Crippen LogP contribution in [0.2, 0.25) is 10.0 Å². The lowest BCUT2D eigenvalue weighted by atomic mass is 10.3. The van der Waals surface area contributed by atoms with E-state index in [1.165, 1.54) is 16.8 Å². The van der Waals surface area contributed by atoms with Crippen molar-refractivity contribution in [2.45, 2.75) is 6.54 Å². The number of hydrogen-bond donors (Lipinski definition) is 1. The molecule has 3 aromatic rings. The molecular formula is C18H15Cl2N3O3S. The summed E-state index contributed by atoms with van der Waals surface area (Å²) in [4.78, 5) is 24.8. The van der Waals surface area contributed by atoms with Gasteiger partial charge in [0.25, 0.3) is 11.5 Å². The second kappa shape index (κ2) is 9.03. The van der Waals surface area contributed by atoms with E-state index >= 15 is 0 Å². The van der Waals surface area contributed by atoms with Crippen LogP contribution >= 0.6 is 34.5 Å². The van der Waals surface area contributed by atoms with Gasteiger partial charge in [0.2, 0.25) is 0 Å². The molecule has 0 atom stereocenters. The van der Waals surface area contributed by atoms with Gasteiger partial charge in [0, 0.05) is 17.6 Å². The molecule has 0 radical (unpaired) electrons. The number of amides is 1. The lowest BCUT2D eigenvalue weighted by Crippen LogP contribution is -2.34. The number of nitrogens with zero attached hydrogens (tertiary/aromatic N) is 2. The zero-order valence-electron chi connectivity index (χ0n) is 14.0. The molecule has 0 fully saturated rings. The quantitative estimate of drug-likeness (QED) is 0.631. The summed E-state index contributed by atoms with van der Waals surface area (Å²) in [6, 6.07) is 11.8. The van der Waals surface area contributed by atoms with Crippen molar-refractivity contribution in [3.8, 4) is 16.3 Å². The summed E-state index contributed by atoms with van der Waals surface area (Å²) in [5, 5.41) is 9.77. The first-order chi connectivity index (χ1) is 13.0. The van der Waals surface area contributed by atoms with Gasteiger partial charge in [0.15, 0.2) is 6.61 Å². The Bertz CT molecular complexity index is 990. The van der Waals surface area contributed by atoms with Crippen LogP contribution in [0.1, 0.15) is 0 Å². The molecule has 0 aliphatic carbocycles. The Morgan fingerprint density at radius 3 is 2.81 bits per heavy atom. The highest BCUT2D eigenvalue weighted by Crippen LogP contribution is 2.27. The summed E-state index contributed by atoms with van der Waals surface area (Å²) >= 11 is 13.3. The molecule has 0 spiro atoms. The fourth-order valence-corrected chi connectivity index (χ4v) is 3.41. The summed E-state index contributed by atoms with van der Waals surface area (Å²) in [5.74, 6) is 0.0428. The zero-order chi connectivity index (χ0) is 19.2. The van der Waals surface area contributed by atoms with Gasteiger partial charge in [-0.1, -0.05) is 29.3 Å². The average molecular weight is 424 g/mol. The summed E-state index contributed by atoms with van der Waals surface area (Å²) < 4.78 is 6.69. The number of carbonyl (C=O) groups excluding carboxylic acids is 1. The molecule has 0 saturated heterocycles. The zero-order valence-corrected chi connectivity index (χ0v) is 16.4. The normalized spacial score (nSPS) is 10.6. The van der Waals surface area contributed by atoms with Crippen LogP contribution in [0.25, 0.3) is 10.6 Å².